The van der Waals surface area contributed by atoms with Crippen molar-refractivity contribution in [1.82, 2.24) is 0 Å². The molecule has 1 amide bonds. The van der Waals surface area contributed by atoms with Gasteiger partial charge in [0.2, 0.25) is 5.91 Å². The molecule has 0 aliphatic heterocycles. The first-order valence-corrected chi connectivity index (χ1v) is 2.03. The normalized spacial score (nSPS) is 8.62. The monoisotopic (exact) mass is 111 g/mol. The fourth-order valence-electron chi connectivity index (χ4n) is 0.220. The summed E-state index contributed by atoms with van der Waals surface area (Å²) in [5.41, 5.74) is 7.67. The first-order valence-electron chi connectivity index (χ1n) is 2.03. The molecule has 0 heterocycles. The Hall–Kier alpha value is -1.28. The first-order chi connectivity index (χ1) is 3.81. The van der Waals surface area contributed by atoms with Crippen LogP contribution in [0.3, 0.4) is 0 Å². The zero-order chi connectivity index (χ0) is 6.41. The van der Waals surface area contributed by atoms with Crippen molar-refractivity contribution in [1.29, 1.82) is 0 Å². The third-order valence-electron chi connectivity index (χ3n) is 0.453. The lowest BCUT2D eigenvalue weighted by Gasteiger charge is -1.70. The predicted molar refractivity (Wildman–Crippen MR) is 29.0 cm³/mol. The molecule has 0 atom stereocenters. The molecule has 8 heavy (non-hydrogen) atoms. The van der Waals surface area contributed by atoms with Crippen molar-refractivity contribution < 1.29 is 4.79 Å². The van der Waals surface area contributed by atoms with Crippen molar-refractivity contribution >= 4 is 5.91 Å². The van der Waals surface area contributed by atoms with Gasteiger partial charge >= 0.3 is 0 Å². The molecule has 0 unspecified atom stereocenters. The molecule has 0 spiro atoms. The molecule has 4 heteroatoms. The molecule has 0 aromatic carbocycles. The SMILES string of the molecule is C/C=C/C(=O)N=[N+]=[N-]. The number of carbonyl (C=O) groups excluding carboxylic acids is 1. The number of carbonyl (C=O) groups is 1. The van der Waals surface area contributed by atoms with Crippen LogP contribution in [0.2, 0.25) is 0 Å². The van der Waals surface area contributed by atoms with Gasteiger partial charge in [0.1, 0.15) is 0 Å². The molecule has 0 aliphatic rings. The Labute approximate surface area is 46.4 Å². The Kier molecular flexibility index (Phi) is 3.27. The van der Waals surface area contributed by atoms with Gasteiger partial charge in [-0.05, 0) is 23.6 Å². The fourth-order valence-corrected chi connectivity index (χ4v) is 0.220. The van der Waals surface area contributed by atoms with Crippen LogP contribution in [0, 0.1) is 0 Å². The topological polar surface area (TPSA) is 65.8 Å². The number of hydrogen-bond acceptors (Lipinski definition) is 1. The zero-order valence-corrected chi connectivity index (χ0v) is 4.40. The highest BCUT2D eigenvalue weighted by Crippen LogP contribution is 1.77. The maximum absolute atomic E-state index is 10.1. The Bertz CT molecular complexity index is 155. The average Bonchev–Trinajstić information content (AvgIpc) is 1.68. The first kappa shape index (κ1) is 6.72. The van der Waals surface area contributed by atoms with Gasteiger partial charge in [-0.3, -0.25) is 4.79 Å². The van der Waals surface area contributed by atoms with E-state index in [-0.39, 0.29) is 0 Å². The van der Waals surface area contributed by atoms with Crippen molar-refractivity contribution in [3.8, 4) is 0 Å². The van der Waals surface area contributed by atoms with Crippen LogP contribution in [0.4, 0.5) is 0 Å². The summed E-state index contributed by atoms with van der Waals surface area (Å²) in [5.74, 6) is -0.560. The fraction of sp³-hybridized carbons (Fsp3) is 0.250. The van der Waals surface area contributed by atoms with E-state index in [1.807, 2.05) is 0 Å². The summed E-state index contributed by atoms with van der Waals surface area (Å²) >= 11 is 0. The van der Waals surface area contributed by atoms with Gasteiger partial charge in [0.15, 0.2) is 0 Å². The van der Waals surface area contributed by atoms with E-state index in [1.54, 1.807) is 6.92 Å². The summed E-state index contributed by atoms with van der Waals surface area (Å²) in [6.07, 6.45) is 2.71. The maximum atomic E-state index is 10.1. The minimum Gasteiger partial charge on any atom is -0.288 e. The summed E-state index contributed by atoms with van der Waals surface area (Å²) in [5, 5.41) is 2.77. The lowest BCUT2D eigenvalue weighted by Crippen LogP contribution is -1.79. The van der Waals surface area contributed by atoms with Crippen molar-refractivity contribution in [3.63, 3.8) is 0 Å². The number of hydrogen-bond donors (Lipinski definition) is 0. The summed E-state index contributed by atoms with van der Waals surface area (Å²) in [6, 6.07) is 0. The summed E-state index contributed by atoms with van der Waals surface area (Å²) in [6.45, 7) is 1.67. The van der Waals surface area contributed by atoms with Crippen LogP contribution in [0.5, 0.6) is 0 Å². The molecule has 42 valence electrons. The summed E-state index contributed by atoms with van der Waals surface area (Å²) in [4.78, 5) is 12.4. The third-order valence-corrected chi connectivity index (χ3v) is 0.453. The molecule has 0 bridgehead atoms. The molecule has 0 saturated carbocycles. The van der Waals surface area contributed by atoms with Gasteiger partial charge in [-0.25, -0.2) is 0 Å². The average molecular weight is 111 g/mol. The molecule has 0 N–H and O–H groups in total. The van der Waals surface area contributed by atoms with E-state index in [0.29, 0.717) is 0 Å². The van der Waals surface area contributed by atoms with Crippen LogP contribution in [0.25, 0.3) is 10.4 Å². The molecule has 4 nitrogen and oxygen atoms in total. The second-order valence-corrected chi connectivity index (χ2v) is 1.03. The highest BCUT2D eigenvalue weighted by molar-refractivity contribution is 5.87. The Morgan fingerprint density at radius 3 is 2.88 bits per heavy atom. The predicted octanol–water partition coefficient (Wildman–Crippen LogP) is 1.40. The molecule has 0 aliphatic carbocycles. The number of allylic oxidation sites excluding steroid dienone is 1. The van der Waals surface area contributed by atoms with Gasteiger partial charge in [-0.1, -0.05) is 6.08 Å². The van der Waals surface area contributed by atoms with E-state index in [0.717, 1.165) is 0 Å². The van der Waals surface area contributed by atoms with E-state index in [2.05, 4.69) is 10.0 Å². The van der Waals surface area contributed by atoms with Crippen LogP contribution < -0.4 is 0 Å². The molecular weight excluding hydrogens is 106 g/mol. The minimum atomic E-state index is -0.560. The van der Waals surface area contributed by atoms with E-state index in [1.165, 1.54) is 12.2 Å². The lowest BCUT2D eigenvalue weighted by molar-refractivity contribution is -0.113. The quantitative estimate of drug-likeness (QED) is 0.218. The van der Waals surface area contributed by atoms with Gasteiger partial charge in [0, 0.05) is 4.91 Å². The van der Waals surface area contributed by atoms with Crippen LogP contribution in [0.1, 0.15) is 6.92 Å². The van der Waals surface area contributed by atoms with E-state index < -0.39 is 5.91 Å². The van der Waals surface area contributed by atoms with Crippen LogP contribution in [-0.2, 0) is 4.79 Å². The highest BCUT2D eigenvalue weighted by Gasteiger charge is 1.82. The van der Waals surface area contributed by atoms with Gasteiger partial charge in [-0.15, -0.1) is 0 Å². The minimum absolute atomic E-state index is 0.560. The summed E-state index contributed by atoms with van der Waals surface area (Å²) in [7, 11) is 0. The number of azide groups is 1. The highest BCUT2D eigenvalue weighted by atomic mass is 16.1. The molecule has 0 fully saturated rings. The van der Waals surface area contributed by atoms with E-state index in [9.17, 15) is 4.79 Å². The lowest BCUT2D eigenvalue weighted by atomic mass is 10.5. The van der Waals surface area contributed by atoms with Gasteiger partial charge in [0.25, 0.3) is 0 Å². The van der Waals surface area contributed by atoms with Crippen molar-refractivity contribution in [2.45, 2.75) is 6.92 Å². The maximum Gasteiger partial charge on any atom is 0.241 e. The molecule has 0 aromatic heterocycles. The Morgan fingerprint density at radius 1 is 1.88 bits per heavy atom. The second kappa shape index (κ2) is 3.89. The zero-order valence-electron chi connectivity index (χ0n) is 4.40. The Balaban J connectivity index is 3.84. The molecular formula is C4H5N3O. The third kappa shape index (κ3) is 2.93. The number of amides is 1. The number of nitrogens with zero attached hydrogens (tertiary/aromatic N) is 3. The molecule has 0 aromatic rings. The molecule has 0 saturated heterocycles. The smallest absolute Gasteiger partial charge is 0.241 e. The molecule has 0 radical (unpaired) electrons. The van der Waals surface area contributed by atoms with E-state index >= 15 is 0 Å². The van der Waals surface area contributed by atoms with Crippen molar-refractivity contribution in [2.75, 3.05) is 0 Å². The number of rotatable bonds is 1. The van der Waals surface area contributed by atoms with Gasteiger partial charge in [0.05, 0.1) is 0 Å². The van der Waals surface area contributed by atoms with Gasteiger partial charge < -0.3 is 0 Å². The standard InChI is InChI=1S/C4H5N3O/c1-2-3-4(8)6-7-5/h2-3H,1H3/b3-2+. The van der Waals surface area contributed by atoms with Crippen LogP contribution in [0.15, 0.2) is 17.3 Å². The largest absolute Gasteiger partial charge is 0.288 e. The van der Waals surface area contributed by atoms with Crippen molar-refractivity contribution in [2.24, 2.45) is 5.11 Å². The molecule has 0 rings (SSSR count). The Morgan fingerprint density at radius 2 is 2.50 bits per heavy atom. The van der Waals surface area contributed by atoms with Gasteiger partial charge in [-0.2, -0.15) is 0 Å². The van der Waals surface area contributed by atoms with Crippen LogP contribution >= 0.6 is 0 Å². The van der Waals surface area contributed by atoms with Crippen LogP contribution in [-0.4, -0.2) is 5.91 Å². The van der Waals surface area contributed by atoms with Crippen molar-refractivity contribution in [3.05, 3.63) is 22.6 Å². The van der Waals surface area contributed by atoms with E-state index in [4.69, 9.17) is 5.53 Å². The summed E-state index contributed by atoms with van der Waals surface area (Å²) < 4.78 is 0. The second-order valence-electron chi connectivity index (χ2n) is 1.03.